The van der Waals surface area contributed by atoms with Gasteiger partial charge in [-0.05, 0) is 39.1 Å². The molecule has 3 heterocycles. The molecule has 7 nitrogen and oxygen atoms in total. The largest absolute Gasteiger partial charge is 0.382 e. The average Bonchev–Trinajstić information content (AvgIpc) is 3.45. The molecule has 4 rings (SSSR count). The first-order valence-corrected chi connectivity index (χ1v) is 11.7. The normalized spacial score (nSPS) is 10.0. The predicted molar refractivity (Wildman–Crippen MR) is 134 cm³/mol. The third kappa shape index (κ3) is 6.30. The molecule has 0 spiro atoms. The summed E-state index contributed by atoms with van der Waals surface area (Å²) in [6.45, 7) is 8.15. The molecule has 0 saturated carbocycles. The van der Waals surface area contributed by atoms with Gasteiger partial charge in [-0.15, -0.1) is 22.7 Å². The molecule has 31 heavy (non-hydrogen) atoms. The van der Waals surface area contributed by atoms with Crippen molar-refractivity contribution in [1.82, 2.24) is 15.0 Å². The van der Waals surface area contributed by atoms with Crippen LogP contribution in [0, 0.1) is 0 Å². The number of thiazole rings is 2. The van der Waals surface area contributed by atoms with E-state index in [1.165, 1.54) is 18.4 Å². The Bertz CT molecular complexity index is 1110. The second kappa shape index (κ2) is 12.1. The molecule has 0 aliphatic heterocycles. The smallest absolute Gasteiger partial charge is 0.169 e. The van der Waals surface area contributed by atoms with Crippen molar-refractivity contribution in [1.29, 1.82) is 0 Å². The first kappa shape index (κ1) is 24.4. The summed E-state index contributed by atoms with van der Waals surface area (Å²) in [4.78, 5) is 24.1. The van der Waals surface area contributed by atoms with Crippen molar-refractivity contribution >= 4 is 56.4 Å². The average molecular weight is 457 g/mol. The summed E-state index contributed by atoms with van der Waals surface area (Å²) in [7, 11) is 1.50. The predicted octanol–water partition coefficient (Wildman–Crippen LogP) is 5.79. The van der Waals surface area contributed by atoms with E-state index >= 15 is 0 Å². The maximum Gasteiger partial charge on any atom is 0.169 e. The molecule has 0 saturated heterocycles. The Balaban J connectivity index is 0.000000807. The zero-order valence-electron chi connectivity index (χ0n) is 18.3. The molecule has 0 amide bonds. The Morgan fingerprint density at radius 2 is 1.87 bits per heavy atom. The highest BCUT2D eigenvalue weighted by Crippen LogP contribution is 2.33. The molecule has 9 heteroatoms. The van der Waals surface area contributed by atoms with Gasteiger partial charge in [0.15, 0.2) is 6.29 Å². The molecule has 0 fully saturated rings. The van der Waals surface area contributed by atoms with Crippen LogP contribution in [0.2, 0.25) is 0 Å². The fourth-order valence-corrected chi connectivity index (χ4v) is 4.17. The van der Waals surface area contributed by atoms with Crippen LogP contribution in [0.1, 0.15) is 38.2 Å². The molecule has 164 valence electrons. The number of aromatic nitrogens is 3. The molecule has 0 unspecified atom stereocenters. The third-order valence-electron chi connectivity index (χ3n) is 3.82. The topological polar surface area (TPSA) is 106 Å². The molecule has 0 bridgehead atoms. The Labute approximate surface area is 190 Å². The van der Waals surface area contributed by atoms with E-state index in [1.807, 2.05) is 37.6 Å². The van der Waals surface area contributed by atoms with Crippen molar-refractivity contribution in [2.45, 2.75) is 33.7 Å². The van der Waals surface area contributed by atoms with Gasteiger partial charge in [-0.3, -0.25) is 4.79 Å². The van der Waals surface area contributed by atoms with E-state index in [4.69, 9.17) is 0 Å². The van der Waals surface area contributed by atoms with E-state index in [0.29, 0.717) is 5.69 Å². The second-order valence-corrected chi connectivity index (χ2v) is 8.01. The van der Waals surface area contributed by atoms with Crippen molar-refractivity contribution in [3.8, 4) is 10.6 Å². The quantitative estimate of drug-likeness (QED) is 0.315. The Kier molecular flexibility index (Phi) is 9.51. The number of pyridine rings is 1. The van der Waals surface area contributed by atoms with Crippen molar-refractivity contribution in [3.05, 3.63) is 47.0 Å². The lowest BCUT2D eigenvalue weighted by atomic mass is 10.2. The summed E-state index contributed by atoms with van der Waals surface area (Å²) < 4.78 is 1.13. The van der Waals surface area contributed by atoms with Crippen molar-refractivity contribution in [2.75, 3.05) is 17.7 Å². The molecule has 1 aromatic carbocycles. The van der Waals surface area contributed by atoms with Gasteiger partial charge in [0.25, 0.3) is 0 Å². The Hall–Kier alpha value is -2.88. The number of carbonyl (C=O) groups excluding carboxylic acids is 1. The highest BCUT2D eigenvalue weighted by atomic mass is 32.1. The second-order valence-electron chi connectivity index (χ2n) is 6.27. The fraction of sp³-hybridized carbons (Fsp3) is 0.273. The minimum absolute atomic E-state index is 0.248. The van der Waals surface area contributed by atoms with E-state index in [9.17, 15) is 4.79 Å². The standard InChI is InChI=1S/C19H17N5OS2.C2H6.CH5N/c1-11(2)22-16-6-18(20-7-14(16)19-24-13(8-25)9-26-19)23-12-3-4-15-17(5-12)27-10-21-15;2*1-2/h3-11H,1-2H3,(H2,20,22,23);1-2H3;2H2,1H3. The van der Waals surface area contributed by atoms with Gasteiger partial charge in [-0.2, -0.15) is 0 Å². The number of nitrogens with two attached hydrogens (primary N) is 1. The molecule has 0 aliphatic rings. The maximum atomic E-state index is 10.9. The highest BCUT2D eigenvalue weighted by molar-refractivity contribution is 7.16. The van der Waals surface area contributed by atoms with E-state index in [-0.39, 0.29) is 6.04 Å². The van der Waals surface area contributed by atoms with E-state index in [0.717, 1.165) is 44.3 Å². The summed E-state index contributed by atoms with van der Waals surface area (Å²) in [6.07, 6.45) is 2.54. The van der Waals surface area contributed by atoms with Crippen LogP contribution >= 0.6 is 22.7 Å². The van der Waals surface area contributed by atoms with Gasteiger partial charge in [-0.25, -0.2) is 15.0 Å². The summed E-state index contributed by atoms with van der Waals surface area (Å²) in [5.74, 6) is 0.734. The molecule has 0 atom stereocenters. The van der Waals surface area contributed by atoms with Crippen LogP contribution in [0.25, 0.3) is 20.8 Å². The number of nitrogens with zero attached hydrogens (tertiary/aromatic N) is 3. The number of hydrogen-bond acceptors (Lipinski definition) is 9. The number of carbonyl (C=O) groups is 1. The van der Waals surface area contributed by atoms with Gasteiger partial charge in [0.1, 0.15) is 16.5 Å². The molecule has 3 aromatic heterocycles. The lowest BCUT2D eigenvalue weighted by molar-refractivity contribution is 0.111. The molecule has 4 N–H and O–H groups in total. The molecule has 0 aliphatic carbocycles. The fourth-order valence-electron chi connectivity index (χ4n) is 2.67. The van der Waals surface area contributed by atoms with Crippen molar-refractivity contribution in [3.63, 3.8) is 0 Å². The first-order chi connectivity index (χ1) is 15.1. The summed E-state index contributed by atoms with van der Waals surface area (Å²) >= 11 is 3.04. The van der Waals surface area contributed by atoms with Gasteiger partial charge < -0.3 is 16.4 Å². The summed E-state index contributed by atoms with van der Waals surface area (Å²) in [6, 6.07) is 8.26. The molecule has 4 aromatic rings. The number of rotatable bonds is 6. The van der Waals surface area contributed by atoms with Gasteiger partial charge in [0.2, 0.25) is 0 Å². The summed E-state index contributed by atoms with van der Waals surface area (Å²) in [5.41, 5.74) is 10.5. The Morgan fingerprint density at radius 1 is 1.10 bits per heavy atom. The van der Waals surface area contributed by atoms with Crippen LogP contribution in [-0.2, 0) is 0 Å². The van der Waals surface area contributed by atoms with Crippen LogP contribution in [0.3, 0.4) is 0 Å². The van der Waals surface area contributed by atoms with Crippen molar-refractivity contribution < 1.29 is 4.79 Å². The van der Waals surface area contributed by atoms with E-state index in [2.05, 4.69) is 51.2 Å². The molecular weight excluding hydrogens is 428 g/mol. The number of fused-ring (bicyclic) bond motifs is 1. The lowest BCUT2D eigenvalue weighted by Gasteiger charge is -2.15. The molecule has 0 radical (unpaired) electrons. The Morgan fingerprint density at radius 3 is 2.55 bits per heavy atom. The van der Waals surface area contributed by atoms with Gasteiger partial charge >= 0.3 is 0 Å². The number of aldehydes is 1. The summed E-state index contributed by atoms with van der Waals surface area (Å²) in [5, 5.41) is 9.31. The SMILES string of the molecule is CC.CC(C)Nc1cc(Nc2ccc3ncsc3c2)ncc1-c1nc(C=O)cs1.CN. The minimum atomic E-state index is 0.248. The lowest BCUT2D eigenvalue weighted by Crippen LogP contribution is -2.11. The van der Waals surface area contributed by atoms with Crippen LogP contribution in [0.5, 0.6) is 0 Å². The van der Waals surface area contributed by atoms with Gasteiger partial charge in [-0.1, -0.05) is 13.8 Å². The minimum Gasteiger partial charge on any atom is -0.382 e. The number of nitrogens with one attached hydrogen (secondary N) is 2. The number of hydrogen-bond donors (Lipinski definition) is 3. The van der Waals surface area contributed by atoms with Crippen molar-refractivity contribution in [2.24, 2.45) is 5.73 Å². The van der Waals surface area contributed by atoms with E-state index < -0.39 is 0 Å². The number of anilines is 3. The van der Waals surface area contributed by atoms with Crippen LogP contribution in [0.4, 0.5) is 17.2 Å². The zero-order valence-corrected chi connectivity index (χ0v) is 20.0. The van der Waals surface area contributed by atoms with E-state index in [1.54, 1.807) is 22.9 Å². The van der Waals surface area contributed by atoms with Crippen LogP contribution < -0.4 is 16.4 Å². The monoisotopic (exact) mass is 456 g/mol. The molecular formula is C22H28N6OS2. The van der Waals surface area contributed by atoms with Gasteiger partial charge in [0.05, 0.1) is 21.3 Å². The van der Waals surface area contributed by atoms with Crippen LogP contribution in [0.15, 0.2) is 41.4 Å². The highest BCUT2D eigenvalue weighted by Gasteiger charge is 2.13. The zero-order chi connectivity index (χ0) is 22.8. The maximum absolute atomic E-state index is 10.9. The van der Waals surface area contributed by atoms with Crippen LogP contribution in [-0.4, -0.2) is 34.3 Å². The third-order valence-corrected chi connectivity index (χ3v) is 5.51. The van der Waals surface area contributed by atoms with Gasteiger partial charge in [0, 0.05) is 35.1 Å². The first-order valence-electron chi connectivity index (χ1n) is 9.98. The number of benzene rings is 1.